The Balaban J connectivity index is 1.19. The molecule has 2 aromatic carbocycles. The summed E-state index contributed by atoms with van der Waals surface area (Å²) in [6.45, 7) is 2.13. The molecule has 0 saturated heterocycles. The average molecular weight is 463 g/mol. The quantitative estimate of drug-likeness (QED) is 0.549. The fourth-order valence-corrected chi connectivity index (χ4v) is 5.91. The van der Waals surface area contributed by atoms with Gasteiger partial charge in [0.25, 0.3) is 0 Å². The summed E-state index contributed by atoms with van der Waals surface area (Å²) in [5.74, 6) is -0.942. The molecule has 3 aliphatic carbocycles. The lowest BCUT2D eigenvalue weighted by molar-refractivity contribution is -0.143. The third-order valence-corrected chi connectivity index (χ3v) is 7.71. The van der Waals surface area contributed by atoms with E-state index in [1.54, 1.807) is 0 Å². The molecule has 178 valence electrons. The van der Waals surface area contributed by atoms with Gasteiger partial charge in [0.1, 0.15) is 12.6 Å². The maximum atomic E-state index is 12.9. The van der Waals surface area contributed by atoms with Crippen LogP contribution in [0.3, 0.4) is 0 Å². The second-order valence-electron chi connectivity index (χ2n) is 9.82. The molecular formula is C27H30N2O5. The number of alkyl carbamates (subject to hydrolysis) is 1. The van der Waals surface area contributed by atoms with Crippen LogP contribution in [0.4, 0.5) is 4.79 Å². The van der Waals surface area contributed by atoms with E-state index in [9.17, 15) is 19.5 Å². The Morgan fingerprint density at radius 1 is 1.06 bits per heavy atom. The Morgan fingerprint density at radius 3 is 2.29 bits per heavy atom. The maximum Gasteiger partial charge on any atom is 0.407 e. The van der Waals surface area contributed by atoms with Crippen LogP contribution < -0.4 is 10.6 Å². The number of carbonyl (C=O) groups is 3. The molecule has 3 aliphatic rings. The van der Waals surface area contributed by atoms with Gasteiger partial charge in [-0.1, -0.05) is 61.9 Å². The molecule has 0 bridgehead atoms. The standard InChI is InChI=1S/C27H30N2O5/c1-2-7-23(24(30)28-17-12-16-13-27(16,14-17)25(31)32)29-26(33)34-15-22-20-10-5-3-8-18(20)19-9-4-6-11-21(19)22/h3-6,8-11,16-17,22-23H,2,7,12-15H2,1H3,(H,28,30)(H,29,33)(H,31,32)/t16-,17+,23-,27+/m0/s1. The van der Waals surface area contributed by atoms with E-state index < -0.39 is 23.5 Å². The Kier molecular flexibility index (Phi) is 5.80. The van der Waals surface area contributed by atoms with Crippen molar-refractivity contribution in [2.45, 2.75) is 57.0 Å². The van der Waals surface area contributed by atoms with Crippen molar-refractivity contribution in [1.82, 2.24) is 10.6 Å². The monoisotopic (exact) mass is 462 g/mol. The van der Waals surface area contributed by atoms with Crippen LogP contribution in [0.5, 0.6) is 0 Å². The first kappa shape index (κ1) is 22.4. The van der Waals surface area contributed by atoms with Crippen molar-refractivity contribution in [2.24, 2.45) is 11.3 Å². The van der Waals surface area contributed by atoms with Crippen molar-refractivity contribution in [1.29, 1.82) is 0 Å². The number of carboxylic acids is 1. The molecule has 0 aromatic heterocycles. The molecule has 0 unspecified atom stereocenters. The lowest BCUT2D eigenvalue weighted by atomic mass is 9.98. The van der Waals surface area contributed by atoms with E-state index in [1.165, 1.54) is 0 Å². The van der Waals surface area contributed by atoms with Gasteiger partial charge in [-0.2, -0.15) is 0 Å². The van der Waals surface area contributed by atoms with E-state index in [2.05, 4.69) is 34.9 Å². The van der Waals surface area contributed by atoms with Crippen LogP contribution in [-0.2, 0) is 14.3 Å². The third-order valence-electron chi connectivity index (χ3n) is 7.71. The first-order chi connectivity index (χ1) is 16.4. The van der Waals surface area contributed by atoms with Gasteiger partial charge in [0.15, 0.2) is 0 Å². The van der Waals surface area contributed by atoms with Crippen LogP contribution in [0.2, 0.25) is 0 Å². The molecule has 0 spiro atoms. The number of carbonyl (C=O) groups excluding carboxylic acids is 2. The third kappa shape index (κ3) is 3.93. The maximum absolute atomic E-state index is 12.9. The van der Waals surface area contributed by atoms with Gasteiger partial charge in [0.2, 0.25) is 5.91 Å². The zero-order valence-electron chi connectivity index (χ0n) is 19.3. The van der Waals surface area contributed by atoms with E-state index in [0.717, 1.165) is 22.3 Å². The molecule has 5 rings (SSSR count). The minimum absolute atomic E-state index is 0.0472. The zero-order valence-corrected chi connectivity index (χ0v) is 19.3. The van der Waals surface area contributed by atoms with Crippen molar-refractivity contribution in [2.75, 3.05) is 6.61 Å². The molecule has 4 atom stereocenters. The van der Waals surface area contributed by atoms with E-state index >= 15 is 0 Å². The number of aliphatic carboxylic acids is 1. The highest BCUT2D eigenvalue weighted by molar-refractivity contribution is 5.86. The summed E-state index contributed by atoms with van der Waals surface area (Å²) in [7, 11) is 0. The molecule has 2 fully saturated rings. The first-order valence-electron chi connectivity index (χ1n) is 12.1. The van der Waals surface area contributed by atoms with Gasteiger partial charge in [0, 0.05) is 12.0 Å². The SMILES string of the molecule is CCC[C@H](NC(=O)OCC1c2ccccc2-c2ccccc21)C(=O)N[C@@H]1C[C@H]2C[C@@]2(C(=O)O)C1. The summed E-state index contributed by atoms with van der Waals surface area (Å²) < 4.78 is 5.60. The fraction of sp³-hybridized carbons (Fsp3) is 0.444. The molecular weight excluding hydrogens is 432 g/mol. The van der Waals surface area contributed by atoms with Gasteiger partial charge in [-0.05, 0) is 53.9 Å². The highest BCUT2D eigenvalue weighted by Gasteiger charge is 2.65. The molecule has 2 saturated carbocycles. The highest BCUT2D eigenvalue weighted by atomic mass is 16.5. The molecule has 34 heavy (non-hydrogen) atoms. The van der Waals surface area contributed by atoms with E-state index in [-0.39, 0.29) is 30.4 Å². The van der Waals surface area contributed by atoms with Gasteiger partial charge >= 0.3 is 12.1 Å². The van der Waals surface area contributed by atoms with E-state index in [4.69, 9.17) is 4.74 Å². The number of rotatable bonds is 8. The fourth-order valence-electron chi connectivity index (χ4n) is 5.91. The molecule has 2 amide bonds. The Labute approximate surface area is 198 Å². The number of fused-ring (bicyclic) bond motifs is 4. The van der Waals surface area contributed by atoms with E-state index in [0.29, 0.717) is 32.1 Å². The van der Waals surface area contributed by atoms with Gasteiger partial charge in [-0.3, -0.25) is 9.59 Å². The number of hydrogen-bond donors (Lipinski definition) is 3. The van der Waals surface area contributed by atoms with Crippen molar-refractivity contribution >= 4 is 18.0 Å². The second kappa shape index (κ2) is 8.78. The smallest absolute Gasteiger partial charge is 0.407 e. The summed E-state index contributed by atoms with van der Waals surface area (Å²) in [6, 6.07) is 15.4. The average Bonchev–Trinajstić information content (AvgIpc) is 3.26. The Bertz CT molecular complexity index is 1090. The molecule has 7 nitrogen and oxygen atoms in total. The summed E-state index contributed by atoms with van der Waals surface area (Å²) >= 11 is 0. The number of hydrogen-bond acceptors (Lipinski definition) is 4. The molecule has 2 aromatic rings. The van der Waals surface area contributed by atoms with Gasteiger partial charge in [0.05, 0.1) is 5.41 Å². The van der Waals surface area contributed by atoms with Crippen molar-refractivity contribution in [3.63, 3.8) is 0 Å². The minimum Gasteiger partial charge on any atom is -0.481 e. The summed E-state index contributed by atoms with van der Waals surface area (Å²) in [5.41, 5.74) is 3.92. The van der Waals surface area contributed by atoms with Crippen LogP contribution in [0.15, 0.2) is 48.5 Å². The van der Waals surface area contributed by atoms with Crippen LogP contribution in [0, 0.1) is 11.3 Å². The summed E-state index contributed by atoms with van der Waals surface area (Å²) in [4.78, 5) is 37.1. The lowest BCUT2D eigenvalue weighted by Crippen LogP contribution is -2.49. The number of carboxylic acid groups (broad SMARTS) is 1. The Morgan fingerprint density at radius 2 is 1.71 bits per heavy atom. The molecule has 0 aliphatic heterocycles. The van der Waals surface area contributed by atoms with Crippen molar-refractivity contribution in [3.8, 4) is 11.1 Å². The second-order valence-corrected chi connectivity index (χ2v) is 9.82. The molecule has 7 heteroatoms. The van der Waals surface area contributed by atoms with Crippen molar-refractivity contribution in [3.05, 3.63) is 59.7 Å². The number of ether oxygens (including phenoxy) is 1. The zero-order chi connectivity index (χ0) is 23.9. The van der Waals surface area contributed by atoms with Gasteiger partial charge < -0.3 is 20.5 Å². The topological polar surface area (TPSA) is 105 Å². The molecule has 3 N–H and O–H groups in total. The van der Waals surface area contributed by atoms with Crippen LogP contribution in [0.25, 0.3) is 11.1 Å². The largest absolute Gasteiger partial charge is 0.481 e. The normalized spacial score (nSPS) is 25.0. The number of nitrogens with one attached hydrogen (secondary N) is 2. The predicted octanol–water partition coefficient (Wildman–Crippen LogP) is 4.06. The molecule has 0 heterocycles. The first-order valence-corrected chi connectivity index (χ1v) is 12.1. The summed E-state index contributed by atoms with van der Waals surface area (Å²) in [5, 5.41) is 15.2. The lowest BCUT2D eigenvalue weighted by Gasteiger charge is -2.22. The van der Waals surface area contributed by atoms with Crippen LogP contribution in [-0.4, -0.2) is 41.8 Å². The van der Waals surface area contributed by atoms with E-state index in [1.807, 2.05) is 31.2 Å². The number of benzene rings is 2. The highest BCUT2D eigenvalue weighted by Crippen LogP contribution is 2.63. The van der Waals surface area contributed by atoms with Crippen LogP contribution >= 0.6 is 0 Å². The van der Waals surface area contributed by atoms with Crippen LogP contribution in [0.1, 0.15) is 56.1 Å². The Hall–Kier alpha value is -3.35. The molecule has 0 radical (unpaired) electrons. The van der Waals surface area contributed by atoms with Crippen molar-refractivity contribution < 1.29 is 24.2 Å². The van der Waals surface area contributed by atoms with Gasteiger partial charge in [-0.25, -0.2) is 4.79 Å². The number of amides is 2. The predicted molar refractivity (Wildman–Crippen MR) is 126 cm³/mol. The minimum atomic E-state index is -0.767. The van der Waals surface area contributed by atoms with Gasteiger partial charge in [-0.15, -0.1) is 0 Å². The summed E-state index contributed by atoms with van der Waals surface area (Å²) in [6.07, 6.45) is 2.42.